The molecule has 2 amide bonds. The predicted molar refractivity (Wildman–Crippen MR) is 88.0 cm³/mol. The summed E-state index contributed by atoms with van der Waals surface area (Å²) in [6.45, 7) is -0.273. The van der Waals surface area contributed by atoms with E-state index in [0.29, 0.717) is 0 Å². The molecule has 0 bridgehead atoms. The van der Waals surface area contributed by atoms with Gasteiger partial charge in [-0.2, -0.15) is 0 Å². The van der Waals surface area contributed by atoms with E-state index in [-0.39, 0.29) is 17.2 Å². The first-order valence-corrected chi connectivity index (χ1v) is 8.83. The molecule has 7 heteroatoms. The van der Waals surface area contributed by atoms with Crippen LogP contribution in [0.2, 0.25) is 0 Å². The zero-order valence-corrected chi connectivity index (χ0v) is 13.4. The maximum Gasteiger partial charge on any atom is 0.319 e. The number of nitrogens with one attached hydrogen (secondary N) is 2. The zero-order chi connectivity index (χ0) is 16.9. The van der Waals surface area contributed by atoms with Crippen molar-refractivity contribution in [2.24, 2.45) is 0 Å². The normalized spacial score (nSPS) is 12.4. The number of anilines is 1. The van der Waals surface area contributed by atoms with Crippen molar-refractivity contribution in [1.82, 2.24) is 5.32 Å². The Morgan fingerprint density at radius 1 is 1.09 bits per heavy atom. The zero-order valence-electron chi connectivity index (χ0n) is 12.6. The largest absolute Gasteiger partial charge is 0.394 e. The molecule has 6 nitrogen and oxygen atoms in total. The van der Waals surface area contributed by atoms with E-state index in [4.69, 9.17) is 0 Å². The molecule has 0 radical (unpaired) electrons. The van der Waals surface area contributed by atoms with E-state index < -0.39 is 21.9 Å². The number of carbonyl (C=O) groups excluding carboxylic acids is 1. The molecule has 0 aliphatic carbocycles. The number of rotatable bonds is 5. The van der Waals surface area contributed by atoms with E-state index in [9.17, 15) is 18.3 Å². The van der Waals surface area contributed by atoms with Crippen LogP contribution < -0.4 is 10.6 Å². The van der Waals surface area contributed by atoms with Gasteiger partial charge < -0.3 is 15.7 Å². The van der Waals surface area contributed by atoms with Crippen LogP contribution in [-0.2, 0) is 9.84 Å². The van der Waals surface area contributed by atoms with Gasteiger partial charge in [0.25, 0.3) is 0 Å². The van der Waals surface area contributed by atoms with Crippen LogP contribution in [0, 0.1) is 0 Å². The lowest BCUT2D eigenvalue weighted by Crippen LogP contribution is -2.34. The summed E-state index contributed by atoms with van der Waals surface area (Å²) in [7, 11) is -3.46. The number of hydrogen-bond donors (Lipinski definition) is 3. The monoisotopic (exact) mass is 334 g/mol. The van der Waals surface area contributed by atoms with Gasteiger partial charge in [-0.1, -0.05) is 42.5 Å². The van der Waals surface area contributed by atoms with Crippen LogP contribution in [0.3, 0.4) is 0 Å². The lowest BCUT2D eigenvalue weighted by molar-refractivity contribution is 0.225. The Labute approximate surface area is 135 Å². The second-order valence-corrected chi connectivity index (χ2v) is 7.00. The fourth-order valence-electron chi connectivity index (χ4n) is 2.13. The second kappa shape index (κ2) is 7.26. The number of sulfone groups is 1. The molecule has 2 aromatic carbocycles. The lowest BCUT2D eigenvalue weighted by Gasteiger charge is -2.18. The van der Waals surface area contributed by atoms with Gasteiger partial charge in [0.15, 0.2) is 9.84 Å². The van der Waals surface area contributed by atoms with Crippen LogP contribution >= 0.6 is 0 Å². The Bertz CT molecular complexity index is 776. The first-order valence-electron chi connectivity index (χ1n) is 6.94. The van der Waals surface area contributed by atoms with Crippen LogP contribution in [-0.4, -0.2) is 32.4 Å². The second-order valence-electron chi connectivity index (χ2n) is 5.01. The maximum atomic E-state index is 12.1. The Kier molecular flexibility index (Phi) is 5.36. The van der Waals surface area contributed by atoms with Crippen LogP contribution in [0.25, 0.3) is 0 Å². The van der Waals surface area contributed by atoms with E-state index in [1.165, 1.54) is 12.1 Å². The first-order chi connectivity index (χ1) is 10.9. The Morgan fingerprint density at radius 2 is 1.70 bits per heavy atom. The van der Waals surface area contributed by atoms with Crippen molar-refractivity contribution in [2.45, 2.75) is 10.9 Å². The quantitative estimate of drug-likeness (QED) is 0.779. The van der Waals surface area contributed by atoms with Crippen molar-refractivity contribution in [2.75, 3.05) is 18.2 Å². The molecule has 3 N–H and O–H groups in total. The van der Waals surface area contributed by atoms with Gasteiger partial charge in [-0.3, -0.25) is 0 Å². The molecular formula is C16H18N2O4S. The maximum absolute atomic E-state index is 12.1. The molecule has 1 unspecified atom stereocenters. The third-order valence-electron chi connectivity index (χ3n) is 3.22. The van der Waals surface area contributed by atoms with Crippen molar-refractivity contribution >= 4 is 21.6 Å². The number of aliphatic hydroxyl groups excluding tert-OH is 1. The molecule has 0 aliphatic heterocycles. The molecule has 0 saturated carbocycles. The average Bonchev–Trinajstić information content (AvgIpc) is 2.53. The third-order valence-corrected chi connectivity index (χ3v) is 4.38. The van der Waals surface area contributed by atoms with Crippen molar-refractivity contribution in [3.05, 3.63) is 60.2 Å². The van der Waals surface area contributed by atoms with Gasteiger partial charge in [-0.15, -0.1) is 0 Å². The molecule has 0 heterocycles. The Morgan fingerprint density at radius 3 is 2.30 bits per heavy atom. The molecule has 2 rings (SSSR count). The fourth-order valence-corrected chi connectivity index (χ4v) is 2.97. The van der Waals surface area contributed by atoms with Crippen LogP contribution in [0.4, 0.5) is 10.5 Å². The topological polar surface area (TPSA) is 95.5 Å². The van der Waals surface area contributed by atoms with Gasteiger partial charge in [-0.05, 0) is 17.7 Å². The van der Waals surface area contributed by atoms with Gasteiger partial charge in [0.05, 0.1) is 23.2 Å². The molecule has 23 heavy (non-hydrogen) atoms. The highest BCUT2D eigenvalue weighted by molar-refractivity contribution is 7.90. The highest BCUT2D eigenvalue weighted by Crippen LogP contribution is 2.20. The summed E-state index contributed by atoms with van der Waals surface area (Å²) in [4.78, 5) is 12.1. The fraction of sp³-hybridized carbons (Fsp3) is 0.188. The number of benzene rings is 2. The SMILES string of the molecule is CS(=O)(=O)c1ccccc1NC(=O)NC(CO)c1ccccc1. The standard InChI is InChI=1S/C16H18N2O4S/c1-23(21,22)15-10-6-5-9-13(15)17-16(20)18-14(11-19)12-7-3-2-4-8-12/h2-10,14,19H,11H2,1H3,(H2,17,18,20). The number of urea groups is 1. The number of amides is 2. The van der Waals surface area contributed by atoms with Gasteiger partial charge in [0.2, 0.25) is 0 Å². The summed E-state index contributed by atoms with van der Waals surface area (Å²) < 4.78 is 23.4. The predicted octanol–water partition coefficient (Wildman–Crippen LogP) is 1.95. The average molecular weight is 334 g/mol. The smallest absolute Gasteiger partial charge is 0.319 e. The lowest BCUT2D eigenvalue weighted by atomic mass is 10.1. The molecule has 0 saturated heterocycles. The van der Waals surface area contributed by atoms with E-state index in [1.54, 1.807) is 36.4 Å². The van der Waals surface area contributed by atoms with Crippen LogP contribution in [0.1, 0.15) is 11.6 Å². The molecule has 0 fully saturated rings. The van der Waals surface area contributed by atoms with Gasteiger partial charge in [0, 0.05) is 6.26 Å². The Hall–Kier alpha value is -2.38. The van der Waals surface area contributed by atoms with E-state index >= 15 is 0 Å². The minimum absolute atomic E-state index is 0.0374. The summed E-state index contributed by atoms with van der Waals surface area (Å²) in [5.41, 5.74) is 0.943. The molecule has 0 spiro atoms. The Balaban J connectivity index is 2.14. The third kappa shape index (κ3) is 4.54. The molecule has 0 aromatic heterocycles. The summed E-state index contributed by atoms with van der Waals surface area (Å²) in [5.74, 6) is 0. The van der Waals surface area contributed by atoms with E-state index in [0.717, 1.165) is 11.8 Å². The number of carbonyl (C=O) groups is 1. The highest BCUT2D eigenvalue weighted by Gasteiger charge is 2.17. The molecule has 122 valence electrons. The van der Waals surface area contributed by atoms with E-state index in [1.807, 2.05) is 6.07 Å². The van der Waals surface area contributed by atoms with Crippen molar-refractivity contribution in [1.29, 1.82) is 0 Å². The summed E-state index contributed by atoms with van der Waals surface area (Å²) in [6, 6.07) is 14.0. The van der Waals surface area contributed by atoms with Gasteiger partial charge in [-0.25, -0.2) is 13.2 Å². The molecule has 2 aromatic rings. The number of para-hydroxylation sites is 1. The minimum atomic E-state index is -3.46. The van der Waals surface area contributed by atoms with Crippen LogP contribution in [0.15, 0.2) is 59.5 Å². The van der Waals surface area contributed by atoms with Crippen molar-refractivity contribution in [3.8, 4) is 0 Å². The number of aliphatic hydroxyl groups is 1. The molecular weight excluding hydrogens is 316 g/mol. The molecule has 1 atom stereocenters. The highest BCUT2D eigenvalue weighted by atomic mass is 32.2. The summed E-state index contributed by atoms with van der Waals surface area (Å²) in [5, 5.41) is 14.6. The molecule has 0 aliphatic rings. The van der Waals surface area contributed by atoms with Gasteiger partial charge >= 0.3 is 6.03 Å². The number of hydrogen-bond acceptors (Lipinski definition) is 4. The van der Waals surface area contributed by atoms with Crippen LogP contribution in [0.5, 0.6) is 0 Å². The summed E-state index contributed by atoms with van der Waals surface area (Å²) in [6.07, 6.45) is 1.08. The van der Waals surface area contributed by atoms with Crippen molar-refractivity contribution < 1.29 is 18.3 Å². The van der Waals surface area contributed by atoms with Crippen molar-refractivity contribution in [3.63, 3.8) is 0 Å². The summed E-state index contributed by atoms with van der Waals surface area (Å²) >= 11 is 0. The van der Waals surface area contributed by atoms with E-state index in [2.05, 4.69) is 10.6 Å². The minimum Gasteiger partial charge on any atom is -0.394 e. The van der Waals surface area contributed by atoms with Gasteiger partial charge in [0.1, 0.15) is 0 Å². The first kappa shape index (κ1) is 17.0.